The van der Waals surface area contributed by atoms with Crippen molar-refractivity contribution in [3.8, 4) is 5.75 Å². The van der Waals surface area contributed by atoms with Gasteiger partial charge in [-0.05, 0) is 32.4 Å². The lowest BCUT2D eigenvalue weighted by molar-refractivity contribution is -0.121. The van der Waals surface area contributed by atoms with Crippen LogP contribution in [-0.2, 0) is 9.59 Å². The van der Waals surface area contributed by atoms with Crippen molar-refractivity contribution >= 4 is 34.8 Å². The number of halogens is 1. The summed E-state index contributed by atoms with van der Waals surface area (Å²) in [5.74, 6) is 0.237. The average Bonchev–Trinajstić information content (AvgIpc) is 2.48. The number of carbonyl (C=O) groups is 2. The molecule has 0 bridgehead atoms. The zero-order chi connectivity index (χ0) is 15.7. The van der Waals surface area contributed by atoms with E-state index in [0.717, 1.165) is 19.4 Å². The Bertz CT molecular complexity index is 620. The van der Waals surface area contributed by atoms with Crippen LogP contribution < -0.4 is 20.7 Å². The van der Waals surface area contributed by atoms with E-state index in [9.17, 15) is 9.59 Å². The van der Waals surface area contributed by atoms with Gasteiger partial charge in [-0.2, -0.15) is 0 Å². The zero-order valence-corrected chi connectivity index (χ0v) is 13.0. The number of fused-ring (bicyclic) bond motifs is 1. The fourth-order valence-electron chi connectivity index (χ4n) is 2.80. The molecular weight excluding hydrogens is 306 g/mol. The molecule has 0 radical (unpaired) electrons. The van der Waals surface area contributed by atoms with E-state index < -0.39 is 0 Å². The van der Waals surface area contributed by atoms with Crippen molar-refractivity contribution in [3.63, 3.8) is 0 Å². The Morgan fingerprint density at radius 3 is 3.05 bits per heavy atom. The summed E-state index contributed by atoms with van der Waals surface area (Å²) in [7, 11) is 0. The molecule has 0 spiro atoms. The second kappa shape index (κ2) is 6.14. The average molecular weight is 324 g/mol. The highest BCUT2D eigenvalue weighted by Crippen LogP contribution is 2.36. The van der Waals surface area contributed by atoms with Crippen molar-refractivity contribution in [1.29, 1.82) is 0 Å². The number of anilines is 2. The van der Waals surface area contributed by atoms with Gasteiger partial charge in [0.15, 0.2) is 6.61 Å². The van der Waals surface area contributed by atoms with E-state index >= 15 is 0 Å². The van der Waals surface area contributed by atoms with Crippen molar-refractivity contribution < 1.29 is 14.3 Å². The monoisotopic (exact) mass is 323 g/mol. The smallest absolute Gasteiger partial charge is 0.262 e. The topological polar surface area (TPSA) is 79.5 Å². The van der Waals surface area contributed by atoms with Crippen molar-refractivity contribution in [2.24, 2.45) is 5.92 Å². The second-order valence-electron chi connectivity index (χ2n) is 5.73. The predicted molar refractivity (Wildman–Crippen MR) is 84.4 cm³/mol. The molecule has 1 aromatic rings. The summed E-state index contributed by atoms with van der Waals surface area (Å²) in [5.41, 5.74) is 1.03. The molecule has 0 unspecified atom stereocenters. The number of benzene rings is 1. The van der Waals surface area contributed by atoms with Crippen molar-refractivity contribution in [3.05, 3.63) is 17.2 Å². The van der Waals surface area contributed by atoms with Crippen LogP contribution in [0, 0.1) is 5.92 Å². The Morgan fingerprint density at radius 1 is 1.45 bits per heavy atom. The van der Waals surface area contributed by atoms with E-state index in [1.807, 2.05) is 0 Å². The number of carbonyl (C=O) groups excluding carboxylic acids is 2. The van der Waals surface area contributed by atoms with Crippen LogP contribution in [-0.4, -0.2) is 31.0 Å². The molecule has 2 aliphatic rings. The molecule has 1 saturated heterocycles. The van der Waals surface area contributed by atoms with Crippen LogP contribution in [0.2, 0.25) is 5.02 Å². The quantitative estimate of drug-likeness (QED) is 0.777. The third-order valence-electron chi connectivity index (χ3n) is 3.95. The Kier molecular flexibility index (Phi) is 4.22. The number of piperidine rings is 1. The second-order valence-corrected chi connectivity index (χ2v) is 6.14. The van der Waals surface area contributed by atoms with E-state index in [4.69, 9.17) is 16.3 Å². The van der Waals surface area contributed by atoms with E-state index in [1.165, 1.54) is 0 Å². The normalized spacial score (nSPS) is 24.0. The van der Waals surface area contributed by atoms with Crippen LogP contribution in [0.15, 0.2) is 12.1 Å². The van der Waals surface area contributed by atoms with Crippen LogP contribution in [0.1, 0.15) is 19.8 Å². The third kappa shape index (κ3) is 3.18. The van der Waals surface area contributed by atoms with Crippen molar-refractivity contribution in [2.45, 2.75) is 25.8 Å². The molecule has 7 heteroatoms. The number of hydrogen-bond donors (Lipinski definition) is 3. The van der Waals surface area contributed by atoms with Gasteiger partial charge >= 0.3 is 0 Å². The fraction of sp³-hybridized carbons (Fsp3) is 0.467. The number of rotatable bonds is 2. The lowest BCUT2D eigenvalue weighted by atomic mass is 9.92. The minimum atomic E-state index is -0.218. The molecule has 2 atom stereocenters. The number of amides is 2. The maximum absolute atomic E-state index is 12.4. The highest BCUT2D eigenvalue weighted by Gasteiger charge is 2.26. The molecule has 2 heterocycles. The summed E-state index contributed by atoms with van der Waals surface area (Å²) >= 11 is 6.19. The molecule has 1 fully saturated rings. The standard InChI is InChI=1S/C15H18ClN3O3/c1-8-4-9(2-3-17-8)15(21)19-11-6-13-12(5-10(11)16)18-14(20)7-22-13/h5-6,8-9,17H,2-4,7H2,1H3,(H,18,20)(H,19,21)/t8-,9-/m0/s1. The first kappa shape index (κ1) is 15.1. The minimum Gasteiger partial charge on any atom is -0.482 e. The van der Waals surface area contributed by atoms with Gasteiger partial charge in [0.1, 0.15) is 5.75 Å². The molecule has 3 rings (SSSR count). The van der Waals surface area contributed by atoms with Gasteiger partial charge in [-0.15, -0.1) is 0 Å². The highest BCUT2D eigenvalue weighted by atomic mass is 35.5. The SMILES string of the molecule is C[C@H]1C[C@@H](C(=O)Nc2cc3c(cc2Cl)NC(=O)CO3)CCN1. The maximum Gasteiger partial charge on any atom is 0.262 e. The number of ether oxygens (including phenoxy) is 1. The Labute approximate surface area is 133 Å². The molecule has 0 aliphatic carbocycles. The first-order chi connectivity index (χ1) is 10.5. The molecule has 3 N–H and O–H groups in total. The van der Waals surface area contributed by atoms with Crippen molar-refractivity contribution in [2.75, 3.05) is 23.8 Å². The van der Waals surface area contributed by atoms with Crippen molar-refractivity contribution in [1.82, 2.24) is 5.32 Å². The molecule has 118 valence electrons. The molecule has 2 amide bonds. The lowest BCUT2D eigenvalue weighted by Crippen LogP contribution is -2.40. The molecule has 22 heavy (non-hydrogen) atoms. The molecule has 2 aliphatic heterocycles. The summed E-state index contributed by atoms with van der Waals surface area (Å²) in [6.07, 6.45) is 1.62. The van der Waals surface area contributed by atoms with Gasteiger partial charge in [0.25, 0.3) is 5.91 Å². The van der Waals surface area contributed by atoms with Gasteiger partial charge in [-0.25, -0.2) is 0 Å². The highest BCUT2D eigenvalue weighted by molar-refractivity contribution is 6.34. The molecule has 0 saturated carbocycles. The molecular formula is C15H18ClN3O3. The number of hydrogen-bond acceptors (Lipinski definition) is 4. The first-order valence-corrected chi connectivity index (χ1v) is 7.71. The molecule has 0 aromatic heterocycles. The lowest BCUT2D eigenvalue weighted by Gasteiger charge is -2.27. The van der Waals surface area contributed by atoms with Crippen LogP contribution in [0.5, 0.6) is 5.75 Å². The Hall–Kier alpha value is -1.79. The fourth-order valence-corrected chi connectivity index (χ4v) is 3.01. The van der Waals surface area contributed by atoms with E-state index in [2.05, 4.69) is 22.9 Å². The summed E-state index contributed by atoms with van der Waals surface area (Å²) in [4.78, 5) is 23.7. The van der Waals surface area contributed by atoms with Gasteiger partial charge in [-0.3, -0.25) is 9.59 Å². The van der Waals surface area contributed by atoms with Crippen LogP contribution in [0.4, 0.5) is 11.4 Å². The Morgan fingerprint density at radius 2 is 2.27 bits per heavy atom. The van der Waals surface area contributed by atoms with E-state index in [1.54, 1.807) is 12.1 Å². The van der Waals surface area contributed by atoms with Crippen LogP contribution in [0.25, 0.3) is 0 Å². The zero-order valence-electron chi connectivity index (χ0n) is 12.2. The number of nitrogens with one attached hydrogen (secondary N) is 3. The van der Waals surface area contributed by atoms with Gasteiger partial charge in [0.2, 0.25) is 5.91 Å². The Balaban J connectivity index is 1.75. The maximum atomic E-state index is 12.4. The van der Waals surface area contributed by atoms with Crippen LogP contribution >= 0.6 is 11.6 Å². The minimum absolute atomic E-state index is 0.0241. The molecule has 6 nitrogen and oxygen atoms in total. The third-order valence-corrected chi connectivity index (χ3v) is 4.27. The summed E-state index contributed by atoms with van der Waals surface area (Å²) in [5, 5.41) is 9.25. The first-order valence-electron chi connectivity index (χ1n) is 7.33. The van der Waals surface area contributed by atoms with Gasteiger partial charge in [0.05, 0.1) is 16.4 Å². The van der Waals surface area contributed by atoms with E-state index in [0.29, 0.717) is 28.2 Å². The summed E-state index contributed by atoms with van der Waals surface area (Å²) in [6, 6.07) is 3.58. The van der Waals surface area contributed by atoms with E-state index in [-0.39, 0.29) is 24.3 Å². The van der Waals surface area contributed by atoms with Crippen LogP contribution in [0.3, 0.4) is 0 Å². The largest absolute Gasteiger partial charge is 0.482 e. The van der Waals surface area contributed by atoms with Gasteiger partial charge in [0, 0.05) is 18.0 Å². The predicted octanol–water partition coefficient (Wildman–Crippen LogP) is 2.00. The van der Waals surface area contributed by atoms with Gasteiger partial charge in [-0.1, -0.05) is 11.6 Å². The summed E-state index contributed by atoms with van der Waals surface area (Å²) < 4.78 is 5.34. The van der Waals surface area contributed by atoms with Gasteiger partial charge < -0.3 is 20.7 Å². The molecule has 1 aromatic carbocycles. The summed E-state index contributed by atoms with van der Waals surface area (Å²) in [6.45, 7) is 2.88.